The predicted octanol–water partition coefficient (Wildman–Crippen LogP) is 6.88. The van der Waals surface area contributed by atoms with Gasteiger partial charge in [0, 0.05) is 22.4 Å². The first-order chi connectivity index (χ1) is 17.1. The molecule has 3 aromatic carbocycles. The fraction of sp³-hybridized carbons (Fsp3) is 0.276. The highest BCUT2D eigenvalue weighted by molar-refractivity contribution is 6.30. The van der Waals surface area contributed by atoms with E-state index in [-0.39, 0.29) is 12.5 Å². The van der Waals surface area contributed by atoms with E-state index in [0.717, 1.165) is 39.0 Å². The molecule has 4 rings (SSSR count). The van der Waals surface area contributed by atoms with Gasteiger partial charge in [0.1, 0.15) is 0 Å². The number of aliphatic carboxylic acids is 1. The van der Waals surface area contributed by atoms with Gasteiger partial charge in [0.15, 0.2) is 0 Å². The molecule has 7 heteroatoms. The monoisotopic (exact) mass is 505 g/mol. The van der Waals surface area contributed by atoms with Crippen molar-refractivity contribution >= 4 is 34.4 Å². The summed E-state index contributed by atoms with van der Waals surface area (Å²) in [4.78, 5) is 20.8. The molecule has 0 aliphatic heterocycles. The highest BCUT2D eigenvalue weighted by Gasteiger charge is 2.19. The Labute approximate surface area is 216 Å². The minimum absolute atomic E-state index is 0.0718. The van der Waals surface area contributed by atoms with Crippen LogP contribution in [0.15, 0.2) is 66.9 Å². The summed E-state index contributed by atoms with van der Waals surface area (Å²) in [5.74, 6) is -0.678. The zero-order chi connectivity index (χ0) is 26.4. The molecule has 0 saturated heterocycles. The van der Waals surface area contributed by atoms with E-state index in [9.17, 15) is 9.59 Å². The minimum atomic E-state index is -0.745. The summed E-state index contributed by atoms with van der Waals surface area (Å²) < 4.78 is 2.09. The summed E-state index contributed by atoms with van der Waals surface area (Å²) in [7, 11) is 0. The number of rotatable bonds is 7. The Morgan fingerprint density at radius 2 is 1.72 bits per heavy atom. The van der Waals surface area contributed by atoms with Gasteiger partial charge >= 0.3 is 5.97 Å². The van der Waals surface area contributed by atoms with Crippen LogP contribution in [0, 0.1) is 12.8 Å². The second-order valence-corrected chi connectivity index (χ2v) is 9.64. The molecule has 1 heterocycles. The first-order valence-corrected chi connectivity index (χ1v) is 12.3. The Kier molecular flexibility index (Phi) is 8.88. The van der Waals surface area contributed by atoms with E-state index in [0.29, 0.717) is 11.5 Å². The molecule has 0 aliphatic carbocycles. The molecule has 0 saturated carbocycles. The molecule has 4 aromatic rings. The number of carboxylic acids is 1. The Morgan fingerprint density at radius 3 is 2.28 bits per heavy atom. The normalized spacial score (nSPS) is 11.7. The Hall–Kier alpha value is -3.64. The van der Waals surface area contributed by atoms with E-state index in [4.69, 9.17) is 27.5 Å². The van der Waals surface area contributed by atoms with Gasteiger partial charge in [-0.25, -0.2) is 0 Å². The quantitative estimate of drug-likeness (QED) is 0.286. The number of halogens is 1. The summed E-state index contributed by atoms with van der Waals surface area (Å²) in [6, 6.07) is 20.0. The van der Waals surface area contributed by atoms with Crippen molar-refractivity contribution in [3.8, 4) is 11.1 Å². The summed E-state index contributed by atoms with van der Waals surface area (Å²) in [5.41, 5.74) is 11.6. The van der Waals surface area contributed by atoms with Gasteiger partial charge in [-0.1, -0.05) is 56.6 Å². The average Bonchev–Trinajstić information content (AvgIpc) is 3.26. The van der Waals surface area contributed by atoms with Crippen LogP contribution in [0.1, 0.15) is 61.1 Å². The van der Waals surface area contributed by atoms with Crippen LogP contribution >= 0.6 is 11.6 Å². The molecule has 1 unspecified atom stereocenters. The maximum Gasteiger partial charge on any atom is 0.303 e. The number of hydrogen-bond donors (Lipinski definition) is 2. The molecule has 0 fully saturated rings. The summed E-state index contributed by atoms with van der Waals surface area (Å²) in [5, 5.41) is 14.3. The van der Waals surface area contributed by atoms with Crippen LogP contribution in [0.5, 0.6) is 0 Å². The molecular formula is C29H32ClN3O3. The maximum atomic E-state index is 11.5. The number of amides is 1. The van der Waals surface area contributed by atoms with Crippen molar-refractivity contribution < 1.29 is 14.7 Å². The summed E-state index contributed by atoms with van der Waals surface area (Å²) in [6.07, 6.45) is 3.08. The van der Waals surface area contributed by atoms with E-state index in [1.807, 2.05) is 30.5 Å². The number of primary amides is 1. The highest BCUT2D eigenvalue weighted by atomic mass is 35.5. The molecule has 1 aromatic heterocycles. The van der Waals surface area contributed by atoms with Crippen LogP contribution in [0.2, 0.25) is 5.02 Å². The number of fused-ring (bicyclic) bond motifs is 1. The Balaban J connectivity index is 0.000000658. The fourth-order valence-electron chi connectivity index (χ4n) is 4.11. The van der Waals surface area contributed by atoms with Crippen molar-refractivity contribution in [2.45, 2.75) is 46.6 Å². The van der Waals surface area contributed by atoms with Crippen molar-refractivity contribution in [3.63, 3.8) is 0 Å². The second kappa shape index (κ2) is 11.9. The maximum absolute atomic E-state index is 11.5. The number of hydrogen-bond acceptors (Lipinski definition) is 3. The van der Waals surface area contributed by atoms with Crippen molar-refractivity contribution in [1.82, 2.24) is 9.78 Å². The molecule has 0 radical (unpaired) electrons. The largest absolute Gasteiger partial charge is 0.481 e. The van der Waals surface area contributed by atoms with E-state index in [1.54, 1.807) is 19.1 Å². The molecular weight excluding hydrogens is 474 g/mol. The second-order valence-electron chi connectivity index (χ2n) is 9.20. The van der Waals surface area contributed by atoms with Crippen LogP contribution in [0.3, 0.4) is 0 Å². The summed E-state index contributed by atoms with van der Waals surface area (Å²) >= 11 is 6.13. The first kappa shape index (κ1) is 27.0. The smallest absolute Gasteiger partial charge is 0.303 e. The average molecular weight is 506 g/mol. The number of aryl methyl sites for hydroxylation is 1. The lowest BCUT2D eigenvalue weighted by Gasteiger charge is -2.21. The molecule has 188 valence electrons. The number of carboxylic acid groups (broad SMARTS) is 1. The zero-order valence-corrected chi connectivity index (χ0v) is 21.8. The lowest BCUT2D eigenvalue weighted by molar-refractivity contribution is -0.136. The van der Waals surface area contributed by atoms with Gasteiger partial charge in [-0.05, 0) is 77.9 Å². The first-order valence-electron chi connectivity index (χ1n) is 12.0. The predicted molar refractivity (Wildman–Crippen MR) is 145 cm³/mol. The van der Waals surface area contributed by atoms with Gasteiger partial charge in [0.2, 0.25) is 5.91 Å². The van der Waals surface area contributed by atoms with Gasteiger partial charge in [0.25, 0.3) is 0 Å². The number of aromatic nitrogens is 2. The number of nitrogens with zero attached hydrogens (tertiary/aromatic N) is 2. The third kappa shape index (κ3) is 6.52. The fourth-order valence-corrected chi connectivity index (χ4v) is 4.34. The van der Waals surface area contributed by atoms with Crippen LogP contribution in [-0.2, 0) is 4.79 Å². The molecule has 0 aliphatic rings. The van der Waals surface area contributed by atoms with Crippen LogP contribution in [0.25, 0.3) is 22.0 Å². The number of benzene rings is 3. The molecule has 3 N–H and O–H groups in total. The number of carbonyl (C=O) groups is 2. The van der Waals surface area contributed by atoms with Crippen molar-refractivity contribution in [2.24, 2.45) is 11.7 Å². The van der Waals surface area contributed by atoms with Gasteiger partial charge in [0.05, 0.1) is 17.8 Å². The van der Waals surface area contributed by atoms with E-state index in [1.165, 1.54) is 5.56 Å². The molecule has 6 nitrogen and oxygen atoms in total. The zero-order valence-electron chi connectivity index (χ0n) is 21.0. The van der Waals surface area contributed by atoms with Gasteiger partial charge in [-0.3, -0.25) is 14.3 Å². The molecule has 1 amide bonds. The molecule has 36 heavy (non-hydrogen) atoms. The van der Waals surface area contributed by atoms with Gasteiger partial charge < -0.3 is 10.8 Å². The Bertz CT molecular complexity index is 1360. The molecule has 0 bridgehead atoms. The molecule has 0 spiro atoms. The SMILES string of the molecule is CCC(=O)O.Cc1cc(Cl)ccc1-c1ccc2c(cnn2C(CC(C)C)c2ccc(C(N)=O)cc2)c1. The van der Waals surface area contributed by atoms with Crippen LogP contribution in [0.4, 0.5) is 0 Å². The topological polar surface area (TPSA) is 98.2 Å². The summed E-state index contributed by atoms with van der Waals surface area (Å²) in [6.45, 7) is 8.08. The van der Waals surface area contributed by atoms with Crippen LogP contribution < -0.4 is 5.73 Å². The highest BCUT2D eigenvalue weighted by Crippen LogP contribution is 2.32. The minimum Gasteiger partial charge on any atom is -0.481 e. The number of carbonyl (C=O) groups excluding carboxylic acids is 1. The molecule has 1 atom stereocenters. The van der Waals surface area contributed by atoms with Crippen molar-refractivity contribution in [2.75, 3.05) is 0 Å². The van der Waals surface area contributed by atoms with Crippen LogP contribution in [-0.4, -0.2) is 26.8 Å². The van der Waals surface area contributed by atoms with Crippen molar-refractivity contribution in [3.05, 3.63) is 88.6 Å². The van der Waals surface area contributed by atoms with E-state index >= 15 is 0 Å². The lowest BCUT2D eigenvalue weighted by Crippen LogP contribution is -2.15. The van der Waals surface area contributed by atoms with E-state index < -0.39 is 11.9 Å². The Morgan fingerprint density at radius 1 is 1.06 bits per heavy atom. The van der Waals surface area contributed by atoms with Gasteiger partial charge in [-0.2, -0.15) is 5.10 Å². The van der Waals surface area contributed by atoms with Gasteiger partial charge in [-0.15, -0.1) is 0 Å². The number of nitrogens with two attached hydrogens (primary N) is 1. The third-order valence-electron chi connectivity index (χ3n) is 5.97. The standard InChI is InChI=1S/C26H26ClN3O.C3H6O2/c1-16(2)12-25(18-4-6-19(7-5-18)26(28)31)30-24-11-8-20(14-21(24)15-29-30)23-10-9-22(27)13-17(23)3;1-2-3(4)5/h4-11,13-16,25H,12H2,1-3H3,(H2,28,31);2H2,1H3,(H,4,5). The lowest BCUT2D eigenvalue weighted by atomic mass is 9.95. The third-order valence-corrected chi connectivity index (χ3v) is 6.20. The van der Waals surface area contributed by atoms with Crippen molar-refractivity contribution in [1.29, 1.82) is 0 Å². The van der Waals surface area contributed by atoms with E-state index in [2.05, 4.69) is 49.7 Å².